The molecule has 0 bridgehead atoms. The van der Waals surface area contributed by atoms with Gasteiger partial charge in [0, 0.05) is 0 Å². The summed E-state index contributed by atoms with van der Waals surface area (Å²) in [5.41, 5.74) is -2.14. The zero-order valence-corrected chi connectivity index (χ0v) is 55.8. The van der Waals surface area contributed by atoms with Gasteiger partial charge in [0.05, 0.1) is 44.1 Å². The van der Waals surface area contributed by atoms with Gasteiger partial charge >= 0.3 is 11.9 Å². The molecule has 37 atom stereocenters. The molecule has 0 amide bonds. The summed E-state index contributed by atoms with van der Waals surface area (Å²) in [5, 5.41) is 194. The fourth-order valence-corrected chi connectivity index (χ4v) is 19.1. The van der Waals surface area contributed by atoms with Crippen molar-refractivity contribution in [2.45, 2.75) is 304 Å². The minimum atomic E-state index is -2.07. The zero-order valence-electron chi connectivity index (χ0n) is 55.8. The molecule has 0 spiro atoms. The lowest BCUT2D eigenvalue weighted by Crippen LogP contribution is -2.68. The van der Waals surface area contributed by atoms with Crippen LogP contribution < -0.4 is 0 Å². The molecular weight excluding hydrogens is 1290 g/mol. The van der Waals surface area contributed by atoms with Crippen LogP contribution >= 0.6 is 0 Å². The summed E-state index contributed by atoms with van der Waals surface area (Å²) in [6.07, 6.45) is -43.3. The summed E-state index contributed by atoms with van der Waals surface area (Å²) in [6.45, 7) is 13.7. The summed E-state index contributed by atoms with van der Waals surface area (Å²) in [6, 6.07) is 0. The molecule has 32 heteroatoms. The van der Waals surface area contributed by atoms with Gasteiger partial charge in [-0.25, -0.2) is 4.79 Å². The smallest absolute Gasteiger partial charge is 0.335 e. The van der Waals surface area contributed by atoms with Crippen LogP contribution in [0.2, 0.25) is 0 Å². The van der Waals surface area contributed by atoms with E-state index in [9.17, 15) is 96.7 Å². The van der Waals surface area contributed by atoms with Crippen molar-refractivity contribution in [3.63, 3.8) is 0 Å². The first kappa shape index (κ1) is 75.7. The van der Waals surface area contributed by atoms with Crippen molar-refractivity contribution in [3.05, 3.63) is 11.6 Å². The Morgan fingerprint density at radius 2 is 1.00 bits per heavy atom. The van der Waals surface area contributed by atoms with Gasteiger partial charge in [-0.1, -0.05) is 60.1 Å². The Kier molecular flexibility index (Phi) is 22.0. The van der Waals surface area contributed by atoms with Crippen molar-refractivity contribution in [2.24, 2.45) is 50.2 Å². The Balaban J connectivity index is 0.796. The number of carboxylic acids is 1. The van der Waals surface area contributed by atoms with Crippen LogP contribution in [0.1, 0.15) is 120 Å². The van der Waals surface area contributed by atoms with E-state index in [1.54, 1.807) is 0 Å². The van der Waals surface area contributed by atoms with Crippen molar-refractivity contribution in [1.82, 2.24) is 0 Å². The van der Waals surface area contributed by atoms with Crippen LogP contribution in [0, 0.1) is 50.2 Å². The zero-order chi connectivity index (χ0) is 70.9. The number of carbonyl (C=O) groups excluding carboxylic acids is 1. The standard InChI is InChI=1S/C65H104O32/c1-24-34(69)38(73)43(78)54(87-24)93-48-29(22-68)90-53(46(81)41(48)76)86-23-30-37(72)40(75)45(80)57(91-30)97-59(85)65-17-15-60(2,3)19-26(65)25-9-10-32-62(6)13-12-33(61(4,5)31(62)11-14-64(32,8)63(25,7)16-18-65)92-58-50(95-56-44(79)39(74)35(70)27(20-66)88-56)47(82)49(51(96-58)52(83)84)94-55-42(77)36(71)28(21-67)89-55/h9,24,26-51,53-58,66-82H,10-23H2,1-8H3,(H,83,84). The van der Waals surface area contributed by atoms with Crippen LogP contribution in [-0.2, 0) is 66.4 Å². The molecule has 32 nitrogen and oxygen atoms in total. The first-order valence-electron chi connectivity index (χ1n) is 34.1. The number of carbonyl (C=O) groups is 2. The van der Waals surface area contributed by atoms with Crippen LogP contribution in [-0.4, -0.2) is 315 Å². The molecule has 11 rings (SSSR count). The first-order chi connectivity index (χ1) is 45.4. The average Bonchev–Trinajstić information content (AvgIpc) is 0.816. The Labute approximate surface area is 560 Å². The third-order valence-corrected chi connectivity index (χ3v) is 25.2. The van der Waals surface area contributed by atoms with Crippen LogP contribution in [0.25, 0.3) is 0 Å². The molecule has 11 aliphatic rings. The summed E-state index contributed by atoms with van der Waals surface area (Å²) in [4.78, 5) is 28.5. The number of rotatable bonds is 17. The van der Waals surface area contributed by atoms with E-state index in [0.717, 1.165) is 12.0 Å². The second-order valence-corrected chi connectivity index (χ2v) is 31.5. The Hall–Kier alpha value is -2.44. The van der Waals surface area contributed by atoms with E-state index in [-0.39, 0.29) is 34.0 Å². The number of hydrogen-bond acceptors (Lipinski definition) is 31. The number of aliphatic hydroxyl groups is 17. The largest absolute Gasteiger partial charge is 0.479 e. The van der Waals surface area contributed by atoms with Crippen molar-refractivity contribution in [3.8, 4) is 0 Å². The second-order valence-electron chi connectivity index (χ2n) is 31.5. The predicted molar refractivity (Wildman–Crippen MR) is 321 cm³/mol. The summed E-state index contributed by atoms with van der Waals surface area (Å²) in [5.74, 6) is -2.64. The molecule has 18 N–H and O–H groups in total. The number of fused-ring (bicyclic) bond motifs is 7. The van der Waals surface area contributed by atoms with E-state index in [1.165, 1.54) is 6.92 Å². The topological polar surface area (TPSA) is 509 Å². The van der Waals surface area contributed by atoms with Crippen molar-refractivity contribution < 1.29 is 158 Å². The lowest BCUT2D eigenvalue weighted by atomic mass is 9.33. The van der Waals surface area contributed by atoms with Crippen LogP contribution in [0.5, 0.6) is 0 Å². The molecule has 6 heterocycles. The molecule has 6 aliphatic heterocycles. The highest BCUT2D eigenvalue weighted by Gasteiger charge is 2.71. The van der Waals surface area contributed by atoms with E-state index in [0.29, 0.717) is 57.8 Å². The number of aliphatic carboxylic acids is 1. The lowest BCUT2D eigenvalue weighted by molar-refractivity contribution is -0.383. The molecule has 5 aliphatic carbocycles. The Morgan fingerprint density at radius 3 is 1.62 bits per heavy atom. The molecule has 6 saturated heterocycles. The van der Waals surface area contributed by atoms with E-state index < -0.39 is 239 Å². The maximum absolute atomic E-state index is 15.3. The highest BCUT2D eigenvalue weighted by atomic mass is 16.8. The second kappa shape index (κ2) is 28.2. The molecule has 97 heavy (non-hydrogen) atoms. The van der Waals surface area contributed by atoms with Gasteiger partial charge in [-0.05, 0) is 116 Å². The molecule has 556 valence electrons. The van der Waals surface area contributed by atoms with Crippen LogP contribution in [0.3, 0.4) is 0 Å². The van der Waals surface area contributed by atoms with Crippen LogP contribution in [0.15, 0.2) is 11.6 Å². The summed E-state index contributed by atoms with van der Waals surface area (Å²) in [7, 11) is 0. The third kappa shape index (κ3) is 13.0. The minimum absolute atomic E-state index is 0.0604. The molecule has 0 aromatic rings. The van der Waals surface area contributed by atoms with Crippen molar-refractivity contribution >= 4 is 11.9 Å². The highest BCUT2D eigenvalue weighted by Crippen LogP contribution is 2.76. The fourth-order valence-electron chi connectivity index (χ4n) is 19.1. The lowest BCUT2D eigenvalue weighted by Gasteiger charge is -2.71. The van der Waals surface area contributed by atoms with Crippen LogP contribution in [0.4, 0.5) is 0 Å². The Bertz CT molecular complexity index is 2780. The maximum atomic E-state index is 15.3. The minimum Gasteiger partial charge on any atom is -0.479 e. The van der Waals surface area contributed by atoms with Gasteiger partial charge < -0.3 is 149 Å². The normalized spacial score (nSPS) is 53.5. The fraction of sp³-hybridized carbons (Fsp3) is 0.938. The van der Waals surface area contributed by atoms with E-state index in [4.69, 9.17) is 56.8 Å². The SMILES string of the molecule is CC1OC(OC2C(CO)OC(OCC3OC(OC(=O)C45CCC(C)(C)CC4C4=CCC6C7(C)CCC(OC8OC(C(=O)O)C(OC9OC(CO)C(O)C9O)C(O)C8OC8OC(CO)C(O)C(O)C8O)C(C)(C)C7CCC6(C)C4(C)CC5)C(O)C(O)C3O)C(O)C2O)C(O)C(O)C1O. The van der Waals surface area contributed by atoms with E-state index in [1.807, 2.05) is 0 Å². The van der Waals surface area contributed by atoms with Crippen molar-refractivity contribution in [1.29, 1.82) is 0 Å². The van der Waals surface area contributed by atoms with Gasteiger partial charge in [-0.2, -0.15) is 0 Å². The maximum Gasteiger partial charge on any atom is 0.335 e. The van der Waals surface area contributed by atoms with Crippen molar-refractivity contribution in [2.75, 3.05) is 26.4 Å². The molecule has 37 unspecified atom stereocenters. The number of carboxylic acid groups (broad SMARTS) is 1. The number of ether oxygens (including phenoxy) is 12. The first-order valence-corrected chi connectivity index (χ1v) is 34.1. The van der Waals surface area contributed by atoms with Gasteiger partial charge in [0.1, 0.15) is 128 Å². The molecular formula is C65H104O32. The molecule has 10 fully saturated rings. The number of allylic oxidation sites excluding steroid dienone is 2. The molecule has 0 radical (unpaired) electrons. The predicted octanol–water partition coefficient (Wildman–Crippen LogP) is -4.63. The quantitative estimate of drug-likeness (QED) is 0.0370. The number of aliphatic hydroxyl groups excluding tert-OH is 17. The monoisotopic (exact) mass is 1400 g/mol. The van der Waals surface area contributed by atoms with E-state index in [2.05, 4.69) is 54.5 Å². The molecule has 0 aromatic carbocycles. The molecule has 0 aromatic heterocycles. The van der Waals surface area contributed by atoms with Gasteiger partial charge in [0.2, 0.25) is 6.29 Å². The highest BCUT2D eigenvalue weighted by molar-refractivity contribution is 5.79. The van der Waals surface area contributed by atoms with E-state index >= 15 is 4.79 Å². The summed E-state index contributed by atoms with van der Waals surface area (Å²) < 4.78 is 71.2. The number of hydrogen-bond donors (Lipinski definition) is 18. The van der Waals surface area contributed by atoms with Gasteiger partial charge in [-0.15, -0.1) is 0 Å². The van der Waals surface area contributed by atoms with Gasteiger partial charge in [0.15, 0.2) is 37.6 Å². The van der Waals surface area contributed by atoms with Gasteiger partial charge in [-0.3, -0.25) is 4.79 Å². The third-order valence-electron chi connectivity index (χ3n) is 25.2. The summed E-state index contributed by atoms with van der Waals surface area (Å²) >= 11 is 0. The molecule has 4 saturated carbocycles. The average molecular weight is 1400 g/mol. The Morgan fingerprint density at radius 1 is 0.485 bits per heavy atom. The number of esters is 1. The van der Waals surface area contributed by atoms with Gasteiger partial charge in [0.25, 0.3) is 0 Å².